The van der Waals surface area contributed by atoms with E-state index in [-0.39, 0.29) is 11.9 Å². The van der Waals surface area contributed by atoms with E-state index in [1.807, 2.05) is 19.1 Å². The molecule has 2 aromatic rings. The zero-order valence-electron chi connectivity index (χ0n) is 13.1. The van der Waals surface area contributed by atoms with Crippen molar-refractivity contribution < 1.29 is 8.81 Å². The SMILES string of the molecule is Cc1cnc(CN2CCN([C@@H](C)c3ccccc3F)CC2)o1. The van der Waals surface area contributed by atoms with Gasteiger partial charge in [0.05, 0.1) is 12.7 Å². The van der Waals surface area contributed by atoms with E-state index in [1.54, 1.807) is 12.3 Å². The molecule has 1 atom stereocenters. The van der Waals surface area contributed by atoms with E-state index in [2.05, 4.69) is 21.7 Å². The van der Waals surface area contributed by atoms with E-state index in [4.69, 9.17) is 4.42 Å². The third-order valence-electron chi connectivity index (χ3n) is 4.34. The zero-order valence-corrected chi connectivity index (χ0v) is 13.1. The standard InChI is InChI=1S/C17H22FN3O/c1-13-11-19-17(22-13)12-20-7-9-21(10-8-20)14(2)15-5-3-4-6-16(15)18/h3-6,11,14H,7-10,12H2,1-2H3/t14-/m0/s1. The van der Waals surface area contributed by atoms with Crippen LogP contribution < -0.4 is 0 Å². The van der Waals surface area contributed by atoms with Crippen molar-refractivity contribution in [1.82, 2.24) is 14.8 Å². The lowest BCUT2D eigenvalue weighted by atomic mass is 10.1. The second-order valence-corrected chi connectivity index (χ2v) is 5.87. The molecule has 0 unspecified atom stereocenters. The molecule has 1 aliphatic heterocycles. The number of nitrogens with zero attached hydrogens (tertiary/aromatic N) is 3. The van der Waals surface area contributed by atoms with Gasteiger partial charge in [0, 0.05) is 37.8 Å². The second-order valence-electron chi connectivity index (χ2n) is 5.87. The molecule has 3 rings (SSSR count). The molecule has 2 heterocycles. The second kappa shape index (κ2) is 6.58. The van der Waals surface area contributed by atoms with Gasteiger partial charge < -0.3 is 4.42 Å². The highest BCUT2D eigenvalue weighted by molar-refractivity contribution is 5.20. The quantitative estimate of drug-likeness (QED) is 0.869. The van der Waals surface area contributed by atoms with Gasteiger partial charge in [0.25, 0.3) is 0 Å². The molecule has 0 saturated carbocycles. The first-order valence-corrected chi connectivity index (χ1v) is 7.75. The number of piperazine rings is 1. The Morgan fingerprint density at radius 2 is 1.95 bits per heavy atom. The monoisotopic (exact) mass is 303 g/mol. The lowest BCUT2D eigenvalue weighted by molar-refractivity contribution is 0.0907. The third-order valence-corrected chi connectivity index (χ3v) is 4.34. The van der Waals surface area contributed by atoms with Gasteiger partial charge in [-0.25, -0.2) is 9.37 Å². The van der Waals surface area contributed by atoms with E-state index < -0.39 is 0 Å². The molecule has 1 aromatic carbocycles. The summed E-state index contributed by atoms with van der Waals surface area (Å²) in [6.45, 7) is 8.47. The van der Waals surface area contributed by atoms with Gasteiger partial charge in [0.15, 0.2) is 0 Å². The Kier molecular flexibility index (Phi) is 4.55. The van der Waals surface area contributed by atoms with Crippen LogP contribution in [-0.4, -0.2) is 41.0 Å². The molecular weight excluding hydrogens is 281 g/mol. The molecule has 0 bridgehead atoms. The normalized spacial score (nSPS) is 18.5. The van der Waals surface area contributed by atoms with Gasteiger partial charge in [0.2, 0.25) is 5.89 Å². The molecule has 22 heavy (non-hydrogen) atoms. The Morgan fingerprint density at radius 3 is 2.59 bits per heavy atom. The van der Waals surface area contributed by atoms with Crippen molar-refractivity contribution in [2.24, 2.45) is 0 Å². The summed E-state index contributed by atoms with van der Waals surface area (Å²) in [5.41, 5.74) is 0.777. The fraction of sp³-hybridized carbons (Fsp3) is 0.471. The van der Waals surface area contributed by atoms with Crippen LogP contribution in [-0.2, 0) is 6.54 Å². The van der Waals surface area contributed by atoms with Crippen LogP contribution in [0.5, 0.6) is 0 Å². The Balaban J connectivity index is 1.56. The first-order valence-electron chi connectivity index (χ1n) is 7.75. The van der Waals surface area contributed by atoms with Crippen molar-refractivity contribution in [3.05, 3.63) is 53.5 Å². The van der Waals surface area contributed by atoms with Gasteiger partial charge in [-0.2, -0.15) is 0 Å². The molecule has 5 heteroatoms. The minimum atomic E-state index is -0.118. The fourth-order valence-corrected chi connectivity index (χ4v) is 2.99. The summed E-state index contributed by atoms with van der Waals surface area (Å²) in [5.74, 6) is 1.50. The maximum Gasteiger partial charge on any atom is 0.208 e. The Morgan fingerprint density at radius 1 is 1.23 bits per heavy atom. The van der Waals surface area contributed by atoms with Crippen LogP contribution in [0.15, 0.2) is 34.9 Å². The molecule has 118 valence electrons. The highest BCUT2D eigenvalue weighted by atomic mass is 19.1. The van der Waals surface area contributed by atoms with Gasteiger partial charge in [0.1, 0.15) is 11.6 Å². The molecule has 1 aromatic heterocycles. The molecule has 0 spiro atoms. The number of benzene rings is 1. The first-order chi connectivity index (χ1) is 10.6. The lowest BCUT2D eigenvalue weighted by Crippen LogP contribution is -2.46. The average molecular weight is 303 g/mol. The Hall–Kier alpha value is -1.72. The number of oxazole rings is 1. The molecule has 0 N–H and O–H groups in total. The number of hydrogen-bond donors (Lipinski definition) is 0. The zero-order chi connectivity index (χ0) is 15.5. The smallest absolute Gasteiger partial charge is 0.208 e. The number of hydrogen-bond acceptors (Lipinski definition) is 4. The Labute approximate surface area is 130 Å². The van der Waals surface area contributed by atoms with Crippen LogP contribution in [0, 0.1) is 12.7 Å². The molecule has 1 fully saturated rings. The van der Waals surface area contributed by atoms with Crippen molar-refractivity contribution >= 4 is 0 Å². The minimum absolute atomic E-state index is 0.104. The van der Waals surface area contributed by atoms with Gasteiger partial charge >= 0.3 is 0 Å². The van der Waals surface area contributed by atoms with Gasteiger partial charge in [-0.3, -0.25) is 9.80 Å². The lowest BCUT2D eigenvalue weighted by Gasteiger charge is -2.37. The van der Waals surface area contributed by atoms with E-state index >= 15 is 0 Å². The van der Waals surface area contributed by atoms with Crippen LogP contribution in [0.3, 0.4) is 0 Å². The number of aryl methyl sites for hydroxylation is 1. The van der Waals surface area contributed by atoms with Crippen molar-refractivity contribution in [3.63, 3.8) is 0 Å². The van der Waals surface area contributed by atoms with E-state index in [0.29, 0.717) is 0 Å². The van der Waals surface area contributed by atoms with Gasteiger partial charge in [-0.15, -0.1) is 0 Å². The largest absolute Gasteiger partial charge is 0.445 e. The molecule has 0 aliphatic carbocycles. The van der Waals surface area contributed by atoms with Crippen LogP contribution in [0.1, 0.15) is 30.2 Å². The van der Waals surface area contributed by atoms with Crippen LogP contribution in [0.25, 0.3) is 0 Å². The molecule has 1 aliphatic rings. The van der Waals surface area contributed by atoms with E-state index in [1.165, 1.54) is 6.07 Å². The van der Waals surface area contributed by atoms with Crippen molar-refractivity contribution in [2.75, 3.05) is 26.2 Å². The van der Waals surface area contributed by atoms with Crippen LogP contribution in [0.2, 0.25) is 0 Å². The summed E-state index contributed by atoms with van der Waals surface area (Å²) in [6, 6.07) is 7.15. The van der Waals surface area contributed by atoms with Crippen LogP contribution >= 0.6 is 0 Å². The molecule has 0 radical (unpaired) electrons. The predicted molar refractivity (Wildman–Crippen MR) is 82.9 cm³/mol. The average Bonchev–Trinajstić information content (AvgIpc) is 2.93. The number of aromatic nitrogens is 1. The summed E-state index contributed by atoms with van der Waals surface area (Å²) in [7, 11) is 0. The van der Waals surface area contributed by atoms with Gasteiger partial charge in [-0.05, 0) is 19.9 Å². The third kappa shape index (κ3) is 3.36. The minimum Gasteiger partial charge on any atom is -0.445 e. The number of rotatable bonds is 4. The highest BCUT2D eigenvalue weighted by Gasteiger charge is 2.24. The topological polar surface area (TPSA) is 32.5 Å². The highest BCUT2D eigenvalue weighted by Crippen LogP contribution is 2.24. The fourth-order valence-electron chi connectivity index (χ4n) is 2.99. The molecular formula is C17H22FN3O. The predicted octanol–water partition coefficient (Wildman–Crippen LogP) is 3.00. The van der Waals surface area contributed by atoms with Crippen LogP contribution in [0.4, 0.5) is 4.39 Å². The molecule has 0 amide bonds. The first kappa shape index (κ1) is 15.2. The van der Waals surface area contributed by atoms with Crippen molar-refractivity contribution in [1.29, 1.82) is 0 Å². The summed E-state index contributed by atoms with van der Waals surface area (Å²) >= 11 is 0. The van der Waals surface area contributed by atoms with E-state index in [9.17, 15) is 4.39 Å². The van der Waals surface area contributed by atoms with E-state index in [0.717, 1.165) is 49.9 Å². The maximum absolute atomic E-state index is 13.9. The molecule has 1 saturated heterocycles. The summed E-state index contributed by atoms with van der Waals surface area (Å²) in [5, 5.41) is 0. The van der Waals surface area contributed by atoms with Crippen molar-refractivity contribution in [2.45, 2.75) is 26.4 Å². The number of halogens is 1. The maximum atomic E-state index is 13.9. The molecule has 4 nitrogen and oxygen atoms in total. The summed E-state index contributed by atoms with van der Waals surface area (Å²) in [6.07, 6.45) is 1.76. The van der Waals surface area contributed by atoms with Crippen molar-refractivity contribution in [3.8, 4) is 0 Å². The van der Waals surface area contributed by atoms with Gasteiger partial charge in [-0.1, -0.05) is 18.2 Å². The summed E-state index contributed by atoms with van der Waals surface area (Å²) < 4.78 is 19.4. The summed E-state index contributed by atoms with van der Waals surface area (Å²) in [4.78, 5) is 8.91. The Bertz CT molecular complexity index is 620.